The Bertz CT molecular complexity index is 343. The van der Waals surface area contributed by atoms with Gasteiger partial charge in [-0.15, -0.1) is 0 Å². The zero-order valence-corrected chi connectivity index (χ0v) is 10.2. The molecule has 1 saturated heterocycles. The Morgan fingerprint density at radius 3 is 2.69 bits per heavy atom. The molecule has 0 unspecified atom stereocenters. The Labute approximate surface area is 97.8 Å². The van der Waals surface area contributed by atoms with Crippen LogP contribution in [0.25, 0.3) is 0 Å². The summed E-state index contributed by atoms with van der Waals surface area (Å²) in [5.41, 5.74) is 4.10. The summed E-state index contributed by atoms with van der Waals surface area (Å²) in [4.78, 5) is 2.48. The zero-order valence-electron chi connectivity index (χ0n) is 10.2. The van der Waals surface area contributed by atoms with E-state index in [1.54, 1.807) is 0 Å². The topological polar surface area (TPSA) is 27.3 Å². The summed E-state index contributed by atoms with van der Waals surface area (Å²) < 4.78 is 0. The highest BCUT2D eigenvalue weighted by molar-refractivity contribution is 5.66. The second kappa shape index (κ2) is 5.21. The molecule has 1 aliphatic heterocycles. The lowest BCUT2D eigenvalue weighted by Gasteiger charge is -2.31. The van der Waals surface area contributed by atoms with Gasteiger partial charge in [0, 0.05) is 44.6 Å². The highest BCUT2D eigenvalue weighted by atomic mass is 15.2. The molecule has 3 heteroatoms. The Kier molecular flexibility index (Phi) is 3.67. The van der Waals surface area contributed by atoms with E-state index in [2.05, 4.69) is 40.7 Å². The van der Waals surface area contributed by atoms with Crippen molar-refractivity contribution in [1.82, 2.24) is 5.32 Å². The van der Waals surface area contributed by atoms with E-state index in [-0.39, 0.29) is 0 Å². The summed E-state index contributed by atoms with van der Waals surface area (Å²) in [5.74, 6) is 0. The first-order valence-electron chi connectivity index (χ1n) is 6.12. The van der Waals surface area contributed by atoms with E-state index < -0.39 is 0 Å². The lowest BCUT2D eigenvalue weighted by atomic mass is 10.1. The molecule has 0 atom stereocenters. The summed E-state index contributed by atoms with van der Waals surface area (Å²) in [6, 6.07) is 6.54. The number of hydrogen-bond acceptors (Lipinski definition) is 3. The molecule has 2 rings (SSSR count). The van der Waals surface area contributed by atoms with E-state index in [1.165, 1.54) is 16.9 Å². The molecule has 0 amide bonds. The Morgan fingerprint density at radius 2 is 2.06 bits per heavy atom. The van der Waals surface area contributed by atoms with Crippen molar-refractivity contribution >= 4 is 11.4 Å². The molecule has 1 aliphatic rings. The maximum atomic E-state index is 3.39. The van der Waals surface area contributed by atoms with E-state index in [9.17, 15) is 0 Å². The van der Waals surface area contributed by atoms with Crippen LogP contribution in [-0.2, 0) is 6.42 Å². The van der Waals surface area contributed by atoms with Gasteiger partial charge in [-0.3, -0.25) is 0 Å². The molecule has 3 nitrogen and oxygen atoms in total. The number of anilines is 2. The van der Waals surface area contributed by atoms with Crippen LogP contribution in [-0.4, -0.2) is 33.2 Å². The Hall–Kier alpha value is -1.22. The van der Waals surface area contributed by atoms with E-state index in [0.29, 0.717) is 0 Å². The smallest absolute Gasteiger partial charge is 0.0420 e. The first kappa shape index (κ1) is 11.3. The predicted octanol–water partition coefficient (Wildman–Crippen LogP) is 1.70. The van der Waals surface area contributed by atoms with Gasteiger partial charge in [0.25, 0.3) is 0 Å². The summed E-state index contributed by atoms with van der Waals surface area (Å²) in [7, 11) is 2.00. The van der Waals surface area contributed by atoms with Gasteiger partial charge < -0.3 is 15.5 Å². The molecule has 0 aliphatic carbocycles. The van der Waals surface area contributed by atoms with E-state index in [0.717, 1.165) is 32.6 Å². The third-order valence-corrected chi connectivity index (χ3v) is 3.23. The standard InChI is InChI=1S/C13H21N3/c1-3-11-12(14-2)5-4-6-13(11)16-9-7-15-8-10-16/h4-6,14-15H,3,7-10H2,1-2H3. The number of piperazine rings is 1. The highest BCUT2D eigenvalue weighted by Crippen LogP contribution is 2.28. The summed E-state index contributed by atoms with van der Waals surface area (Å²) in [6.45, 7) is 6.63. The molecule has 0 spiro atoms. The van der Waals surface area contributed by atoms with Crippen molar-refractivity contribution in [2.75, 3.05) is 43.4 Å². The van der Waals surface area contributed by atoms with Gasteiger partial charge in [0.2, 0.25) is 0 Å². The van der Waals surface area contributed by atoms with Gasteiger partial charge in [-0.25, -0.2) is 0 Å². The number of nitrogens with one attached hydrogen (secondary N) is 2. The summed E-state index contributed by atoms with van der Waals surface area (Å²) in [5, 5.41) is 6.68. The summed E-state index contributed by atoms with van der Waals surface area (Å²) >= 11 is 0. The average Bonchev–Trinajstić information content (AvgIpc) is 2.38. The van der Waals surface area contributed by atoms with Crippen molar-refractivity contribution in [3.8, 4) is 0 Å². The SMILES string of the molecule is CCc1c(NC)cccc1N1CCNCC1. The van der Waals surface area contributed by atoms with Gasteiger partial charge in [0.1, 0.15) is 0 Å². The number of nitrogens with zero attached hydrogens (tertiary/aromatic N) is 1. The minimum Gasteiger partial charge on any atom is -0.388 e. The lowest BCUT2D eigenvalue weighted by Crippen LogP contribution is -2.43. The van der Waals surface area contributed by atoms with E-state index in [1.807, 2.05) is 7.05 Å². The maximum absolute atomic E-state index is 3.39. The van der Waals surface area contributed by atoms with Gasteiger partial charge >= 0.3 is 0 Å². The van der Waals surface area contributed by atoms with Crippen molar-refractivity contribution in [2.24, 2.45) is 0 Å². The average molecular weight is 219 g/mol. The summed E-state index contributed by atoms with van der Waals surface area (Å²) in [6.07, 6.45) is 1.08. The van der Waals surface area contributed by atoms with Gasteiger partial charge in [-0.1, -0.05) is 13.0 Å². The molecule has 0 aromatic heterocycles. The van der Waals surface area contributed by atoms with Crippen LogP contribution in [0.4, 0.5) is 11.4 Å². The van der Waals surface area contributed by atoms with Crippen molar-refractivity contribution in [1.29, 1.82) is 0 Å². The second-order valence-electron chi connectivity index (χ2n) is 4.14. The molecular formula is C13H21N3. The van der Waals surface area contributed by atoms with Crippen molar-refractivity contribution in [3.63, 3.8) is 0 Å². The molecule has 0 saturated carbocycles. The van der Waals surface area contributed by atoms with Gasteiger partial charge in [-0.05, 0) is 24.1 Å². The molecule has 88 valence electrons. The van der Waals surface area contributed by atoms with E-state index >= 15 is 0 Å². The van der Waals surface area contributed by atoms with Crippen LogP contribution < -0.4 is 15.5 Å². The number of hydrogen-bond donors (Lipinski definition) is 2. The number of benzene rings is 1. The highest BCUT2D eigenvalue weighted by Gasteiger charge is 2.14. The Balaban J connectivity index is 2.30. The van der Waals surface area contributed by atoms with Crippen LogP contribution in [0.5, 0.6) is 0 Å². The Morgan fingerprint density at radius 1 is 1.31 bits per heavy atom. The molecular weight excluding hydrogens is 198 g/mol. The molecule has 0 radical (unpaired) electrons. The van der Waals surface area contributed by atoms with Crippen molar-refractivity contribution < 1.29 is 0 Å². The van der Waals surface area contributed by atoms with Crippen molar-refractivity contribution in [2.45, 2.75) is 13.3 Å². The monoisotopic (exact) mass is 219 g/mol. The van der Waals surface area contributed by atoms with Crippen LogP contribution in [0.1, 0.15) is 12.5 Å². The maximum Gasteiger partial charge on any atom is 0.0420 e. The fraction of sp³-hybridized carbons (Fsp3) is 0.538. The van der Waals surface area contributed by atoms with Crippen LogP contribution in [0.15, 0.2) is 18.2 Å². The third kappa shape index (κ3) is 2.14. The fourth-order valence-corrected chi connectivity index (χ4v) is 2.38. The van der Waals surface area contributed by atoms with Gasteiger partial charge in [0.05, 0.1) is 0 Å². The molecule has 1 aromatic rings. The minimum atomic E-state index is 1.08. The third-order valence-electron chi connectivity index (χ3n) is 3.23. The van der Waals surface area contributed by atoms with E-state index in [4.69, 9.17) is 0 Å². The molecule has 16 heavy (non-hydrogen) atoms. The van der Waals surface area contributed by atoms with Gasteiger partial charge in [0.15, 0.2) is 0 Å². The molecule has 2 N–H and O–H groups in total. The minimum absolute atomic E-state index is 1.08. The van der Waals surface area contributed by atoms with Crippen LogP contribution in [0.3, 0.4) is 0 Å². The molecule has 1 heterocycles. The quantitative estimate of drug-likeness (QED) is 0.810. The normalized spacial score (nSPS) is 16.2. The zero-order chi connectivity index (χ0) is 11.4. The van der Waals surface area contributed by atoms with Crippen LogP contribution >= 0.6 is 0 Å². The largest absolute Gasteiger partial charge is 0.388 e. The molecule has 1 fully saturated rings. The molecule has 0 bridgehead atoms. The predicted molar refractivity (Wildman–Crippen MR) is 70.4 cm³/mol. The van der Waals surface area contributed by atoms with Crippen molar-refractivity contribution in [3.05, 3.63) is 23.8 Å². The van der Waals surface area contributed by atoms with Gasteiger partial charge in [-0.2, -0.15) is 0 Å². The first-order valence-corrected chi connectivity index (χ1v) is 6.12. The number of rotatable bonds is 3. The fourth-order valence-electron chi connectivity index (χ4n) is 2.38. The first-order chi connectivity index (χ1) is 7.86. The molecule has 1 aromatic carbocycles. The van der Waals surface area contributed by atoms with Crippen LogP contribution in [0.2, 0.25) is 0 Å². The van der Waals surface area contributed by atoms with Crippen LogP contribution in [0, 0.1) is 0 Å². The second-order valence-corrected chi connectivity index (χ2v) is 4.14. The lowest BCUT2D eigenvalue weighted by molar-refractivity contribution is 0.588.